The fourth-order valence-corrected chi connectivity index (χ4v) is 8.23. The van der Waals surface area contributed by atoms with E-state index in [2.05, 4.69) is 20.8 Å². The van der Waals surface area contributed by atoms with Gasteiger partial charge in [0.05, 0.1) is 0 Å². The lowest BCUT2D eigenvalue weighted by Gasteiger charge is -2.60. The van der Waals surface area contributed by atoms with Crippen molar-refractivity contribution in [1.29, 1.82) is 0 Å². The summed E-state index contributed by atoms with van der Waals surface area (Å²) >= 11 is 0. The molecular formula is C22H38. The van der Waals surface area contributed by atoms with E-state index in [1.165, 1.54) is 25.7 Å². The van der Waals surface area contributed by atoms with Gasteiger partial charge in [-0.25, -0.2) is 0 Å². The second-order valence-electron chi connectivity index (χ2n) is 10.0. The minimum absolute atomic E-state index is 0.717. The average molecular weight is 303 g/mol. The second-order valence-corrected chi connectivity index (χ2v) is 10.0. The van der Waals surface area contributed by atoms with Crippen molar-refractivity contribution in [2.75, 3.05) is 0 Å². The predicted octanol–water partition coefficient (Wildman–Crippen LogP) is 6.84. The van der Waals surface area contributed by atoms with E-state index in [1.54, 1.807) is 51.4 Å². The van der Waals surface area contributed by atoms with Gasteiger partial charge in [-0.3, -0.25) is 0 Å². The molecule has 4 aliphatic carbocycles. The van der Waals surface area contributed by atoms with Crippen LogP contribution in [0.4, 0.5) is 0 Å². The monoisotopic (exact) mass is 302 g/mol. The SMILES string of the molecule is CCC[C@H]1CCC2C3CCC4CCCC[C@]4(C)C3CCC21C. The molecule has 0 nitrogen and oxygen atoms in total. The molecule has 0 aromatic rings. The van der Waals surface area contributed by atoms with Crippen LogP contribution in [0.5, 0.6) is 0 Å². The molecule has 0 N–H and O–H groups in total. The lowest BCUT2D eigenvalue weighted by Crippen LogP contribution is -2.52. The van der Waals surface area contributed by atoms with Crippen molar-refractivity contribution < 1.29 is 0 Å². The summed E-state index contributed by atoms with van der Waals surface area (Å²) < 4.78 is 0. The Bertz CT molecular complexity index is 412. The molecule has 22 heavy (non-hydrogen) atoms. The highest BCUT2D eigenvalue weighted by molar-refractivity contribution is 5.08. The summed E-state index contributed by atoms with van der Waals surface area (Å²) in [6.45, 7) is 7.82. The Labute approximate surface area is 138 Å². The number of hydrogen-bond donors (Lipinski definition) is 0. The third-order valence-corrected chi connectivity index (χ3v) is 9.42. The van der Waals surface area contributed by atoms with Gasteiger partial charge in [-0.15, -0.1) is 0 Å². The Morgan fingerprint density at radius 2 is 1.59 bits per heavy atom. The molecule has 126 valence electrons. The Kier molecular flexibility index (Phi) is 3.90. The van der Waals surface area contributed by atoms with Crippen molar-refractivity contribution in [3.8, 4) is 0 Å². The van der Waals surface area contributed by atoms with E-state index in [4.69, 9.17) is 0 Å². The molecule has 0 spiro atoms. The molecule has 7 atom stereocenters. The van der Waals surface area contributed by atoms with Crippen LogP contribution in [-0.4, -0.2) is 0 Å². The van der Waals surface area contributed by atoms with Gasteiger partial charge in [0.2, 0.25) is 0 Å². The molecule has 4 fully saturated rings. The summed E-state index contributed by atoms with van der Waals surface area (Å²) in [4.78, 5) is 0. The summed E-state index contributed by atoms with van der Waals surface area (Å²) in [6.07, 6.45) is 18.5. The van der Waals surface area contributed by atoms with Crippen molar-refractivity contribution >= 4 is 0 Å². The molecule has 4 rings (SSSR count). The van der Waals surface area contributed by atoms with Crippen molar-refractivity contribution in [2.24, 2.45) is 40.4 Å². The van der Waals surface area contributed by atoms with E-state index in [-0.39, 0.29) is 0 Å². The van der Waals surface area contributed by atoms with Crippen molar-refractivity contribution in [2.45, 2.75) is 97.8 Å². The van der Waals surface area contributed by atoms with Crippen LogP contribution in [0.2, 0.25) is 0 Å². The maximum Gasteiger partial charge on any atom is -0.0266 e. The average Bonchev–Trinajstić information content (AvgIpc) is 2.84. The van der Waals surface area contributed by atoms with Gasteiger partial charge in [-0.2, -0.15) is 0 Å². The fraction of sp³-hybridized carbons (Fsp3) is 1.00. The summed E-state index contributed by atoms with van der Waals surface area (Å²) in [5.41, 5.74) is 1.44. The van der Waals surface area contributed by atoms with E-state index in [0.29, 0.717) is 0 Å². The third-order valence-electron chi connectivity index (χ3n) is 9.42. The van der Waals surface area contributed by atoms with Crippen LogP contribution in [0.25, 0.3) is 0 Å². The zero-order chi connectivity index (χ0) is 15.4. The van der Waals surface area contributed by atoms with Crippen molar-refractivity contribution in [3.63, 3.8) is 0 Å². The van der Waals surface area contributed by atoms with Crippen LogP contribution in [-0.2, 0) is 0 Å². The Morgan fingerprint density at radius 1 is 0.773 bits per heavy atom. The largest absolute Gasteiger partial charge is 0.0654 e. The third kappa shape index (κ3) is 2.07. The molecule has 0 bridgehead atoms. The standard InChI is InChI=1S/C22H38/c1-4-7-16-10-12-19-18-11-9-17-8-5-6-14-21(17,2)20(18)13-15-22(16,19)3/h16-20H,4-15H2,1-3H3/t16-,17?,18?,19?,20?,21-,22?/m0/s1. The lowest BCUT2D eigenvalue weighted by atomic mass is 9.45. The maximum absolute atomic E-state index is 2.72. The number of fused-ring (bicyclic) bond motifs is 5. The molecule has 0 aromatic heterocycles. The smallest absolute Gasteiger partial charge is 0.0266 e. The molecule has 0 aromatic carbocycles. The van der Waals surface area contributed by atoms with E-state index in [0.717, 1.165) is 40.4 Å². The zero-order valence-corrected chi connectivity index (χ0v) is 15.4. The highest BCUT2D eigenvalue weighted by atomic mass is 14.6. The molecule has 0 heteroatoms. The first-order valence-corrected chi connectivity index (χ1v) is 10.6. The minimum Gasteiger partial charge on any atom is -0.0654 e. The first-order valence-electron chi connectivity index (χ1n) is 10.6. The summed E-state index contributed by atoms with van der Waals surface area (Å²) in [6, 6.07) is 0. The Balaban J connectivity index is 1.59. The van der Waals surface area contributed by atoms with Gasteiger partial charge in [-0.1, -0.05) is 46.5 Å². The Morgan fingerprint density at radius 3 is 2.41 bits per heavy atom. The van der Waals surface area contributed by atoms with Crippen LogP contribution in [0, 0.1) is 40.4 Å². The summed E-state index contributed by atoms with van der Waals surface area (Å²) in [7, 11) is 0. The van der Waals surface area contributed by atoms with Gasteiger partial charge in [-0.05, 0) is 91.8 Å². The maximum atomic E-state index is 2.72. The molecule has 4 saturated carbocycles. The van der Waals surface area contributed by atoms with Gasteiger partial charge in [0.25, 0.3) is 0 Å². The van der Waals surface area contributed by atoms with Crippen LogP contribution in [0.15, 0.2) is 0 Å². The lowest BCUT2D eigenvalue weighted by molar-refractivity contribution is -0.111. The van der Waals surface area contributed by atoms with Gasteiger partial charge in [0.1, 0.15) is 0 Å². The number of hydrogen-bond acceptors (Lipinski definition) is 0. The first kappa shape index (κ1) is 15.5. The van der Waals surface area contributed by atoms with Crippen LogP contribution in [0.1, 0.15) is 97.8 Å². The molecule has 0 saturated heterocycles. The minimum atomic E-state index is 0.717. The van der Waals surface area contributed by atoms with Crippen molar-refractivity contribution in [1.82, 2.24) is 0 Å². The van der Waals surface area contributed by atoms with E-state index in [1.807, 2.05) is 0 Å². The molecule has 4 aliphatic rings. The highest BCUT2D eigenvalue weighted by Crippen LogP contribution is 2.67. The van der Waals surface area contributed by atoms with Gasteiger partial charge in [0, 0.05) is 0 Å². The highest BCUT2D eigenvalue weighted by Gasteiger charge is 2.59. The summed E-state index contributed by atoms with van der Waals surface area (Å²) in [5, 5.41) is 0. The van der Waals surface area contributed by atoms with Gasteiger partial charge >= 0.3 is 0 Å². The van der Waals surface area contributed by atoms with Crippen molar-refractivity contribution in [3.05, 3.63) is 0 Å². The van der Waals surface area contributed by atoms with Crippen LogP contribution in [0.3, 0.4) is 0 Å². The second kappa shape index (κ2) is 5.52. The Hall–Kier alpha value is 0. The quantitative estimate of drug-likeness (QED) is 0.524. The van der Waals surface area contributed by atoms with E-state index >= 15 is 0 Å². The fourth-order valence-electron chi connectivity index (χ4n) is 8.23. The van der Waals surface area contributed by atoms with E-state index < -0.39 is 0 Å². The normalized spacial score (nSPS) is 54.4. The van der Waals surface area contributed by atoms with Gasteiger partial charge < -0.3 is 0 Å². The van der Waals surface area contributed by atoms with Crippen LogP contribution < -0.4 is 0 Å². The zero-order valence-electron chi connectivity index (χ0n) is 15.4. The number of rotatable bonds is 2. The molecular weight excluding hydrogens is 264 g/mol. The molecule has 0 aliphatic heterocycles. The first-order chi connectivity index (χ1) is 10.6. The summed E-state index contributed by atoms with van der Waals surface area (Å²) in [5.74, 6) is 5.41. The molecule has 0 radical (unpaired) electrons. The molecule has 5 unspecified atom stereocenters. The topological polar surface area (TPSA) is 0 Å². The van der Waals surface area contributed by atoms with E-state index in [9.17, 15) is 0 Å². The van der Waals surface area contributed by atoms with Crippen LogP contribution >= 0.6 is 0 Å². The molecule has 0 amide bonds. The predicted molar refractivity (Wildman–Crippen MR) is 94.7 cm³/mol. The van der Waals surface area contributed by atoms with Gasteiger partial charge in [0.15, 0.2) is 0 Å². The molecule has 0 heterocycles.